The summed E-state index contributed by atoms with van der Waals surface area (Å²) in [7, 11) is 0. The average molecular weight is 193 g/mol. The molecule has 2 aromatic rings. The fraction of sp³-hybridized carbons (Fsp3) is 0.375. The molecule has 6 nitrogen and oxygen atoms in total. The van der Waals surface area contributed by atoms with Gasteiger partial charge in [-0.05, 0) is 19.9 Å². The first-order valence-electron chi connectivity index (χ1n) is 4.35. The van der Waals surface area contributed by atoms with E-state index in [2.05, 4.69) is 15.2 Å². The number of aryl methyl sites for hydroxylation is 1. The Hall–Kier alpha value is -1.69. The summed E-state index contributed by atoms with van der Waals surface area (Å²) in [6, 6.07) is 0. The molecule has 74 valence electrons. The van der Waals surface area contributed by atoms with Crippen LogP contribution in [0.25, 0.3) is 5.78 Å². The second-order valence-corrected chi connectivity index (χ2v) is 3.07. The molecule has 6 heteroatoms. The van der Waals surface area contributed by atoms with Crippen LogP contribution in [-0.4, -0.2) is 26.1 Å². The standard InChI is InChI=1S/C8H11N5O/c1-5-6(2-3-9)7(14)13-4-10-12-8(13)11-5/h4H,2-3,9H2,1H3,(H,11,12). The lowest BCUT2D eigenvalue weighted by molar-refractivity contribution is 0.886. The first-order chi connectivity index (χ1) is 6.74. The minimum atomic E-state index is -0.0910. The molecule has 0 radical (unpaired) electrons. The van der Waals surface area contributed by atoms with Gasteiger partial charge in [-0.1, -0.05) is 0 Å². The number of nitrogens with two attached hydrogens (primary N) is 1. The van der Waals surface area contributed by atoms with Crippen LogP contribution in [0, 0.1) is 6.92 Å². The fourth-order valence-corrected chi connectivity index (χ4v) is 1.44. The van der Waals surface area contributed by atoms with Crippen LogP contribution >= 0.6 is 0 Å². The van der Waals surface area contributed by atoms with E-state index in [4.69, 9.17) is 5.73 Å². The summed E-state index contributed by atoms with van der Waals surface area (Å²) in [5.41, 5.74) is 6.70. The predicted octanol–water partition coefficient (Wildman–Crippen LogP) is -0.773. The molecule has 0 fully saturated rings. The van der Waals surface area contributed by atoms with Crippen LogP contribution in [0.3, 0.4) is 0 Å². The molecular weight excluding hydrogens is 182 g/mol. The van der Waals surface area contributed by atoms with E-state index in [1.807, 2.05) is 0 Å². The van der Waals surface area contributed by atoms with Gasteiger partial charge in [0.1, 0.15) is 6.33 Å². The van der Waals surface area contributed by atoms with Crippen LogP contribution in [0.2, 0.25) is 0 Å². The summed E-state index contributed by atoms with van der Waals surface area (Å²) in [5, 5.41) is 6.39. The van der Waals surface area contributed by atoms with Crippen LogP contribution in [-0.2, 0) is 6.42 Å². The van der Waals surface area contributed by atoms with Crippen molar-refractivity contribution < 1.29 is 0 Å². The monoisotopic (exact) mass is 193 g/mol. The maximum absolute atomic E-state index is 11.8. The number of fused-ring (bicyclic) bond motifs is 1. The third kappa shape index (κ3) is 1.20. The number of aromatic amines is 1. The van der Waals surface area contributed by atoms with Gasteiger partial charge in [-0.2, -0.15) is 5.10 Å². The first-order valence-corrected chi connectivity index (χ1v) is 4.35. The van der Waals surface area contributed by atoms with E-state index in [1.165, 1.54) is 10.7 Å². The van der Waals surface area contributed by atoms with Crippen molar-refractivity contribution in [3.05, 3.63) is 27.9 Å². The number of H-pyrrole nitrogens is 1. The van der Waals surface area contributed by atoms with Crippen LogP contribution in [0.5, 0.6) is 0 Å². The molecule has 14 heavy (non-hydrogen) atoms. The number of hydrogen-bond acceptors (Lipinski definition) is 4. The molecule has 0 aliphatic heterocycles. The van der Waals surface area contributed by atoms with Crippen molar-refractivity contribution in [3.63, 3.8) is 0 Å². The van der Waals surface area contributed by atoms with Crippen LogP contribution in [0.15, 0.2) is 11.1 Å². The highest BCUT2D eigenvalue weighted by molar-refractivity contribution is 5.31. The Bertz CT molecular complexity index is 512. The van der Waals surface area contributed by atoms with Gasteiger partial charge in [0.05, 0.1) is 5.69 Å². The maximum Gasteiger partial charge on any atom is 0.263 e. The zero-order valence-corrected chi connectivity index (χ0v) is 7.82. The van der Waals surface area contributed by atoms with E-state index < -0.39 is 0 Å². The van der Waals surface area contributed by atoms with Crippen molar-refractivity contribution in [3.8, 4) is 0 Å². The van der Waals surface area contributed by atoms with Crippen LogP contribution < -0.4 is 11.3 Å². The van der Waals surface area contributed by atoms with E-state index >= 15 is 0 Å². The lowest BCUT2D eigenvalue weighted by Crippen LogP contribution is -2.22. The molecule has 0 bridgehead atoms. The molecular formula is C8H11N5O. The number of nitrogens with one attached hydrogen (secondary N) is 1. The molecule has 0 saturated heterocycles. The van der Waals surface area contributed by atoms with Gasteiger partial charge in [0.15, 0.2) is 0 Å². The Morgan fingerprint density at radius 3 is 3.14 bits per heavy atom. The molecule has 2 aromatic heterocycles. The molecule has 0 aliphatic rings. The number of nitrogens with zero attached hydrogens (tertiary/aromatic N) is 3. The lowest BCUT2D eigenvalue weighted by Gasteiger charge is -2.02. The largest absolute Gasteiger partial charge is 0.330 e. The van der Waals surface area contributed by atoms with Gasteiger partial charge in [-0.3, -0.25) is 4.79 Å². The zero-order valence-electron chi connectivity index (χ0n) is 7.82. The van der Waals surface area contributed by atoms with Crippen molar-refractivity contribution in [2.75, 3.05) is 6.54 Å². The minimum Gasteiger partial charge on any atom is -0.330 e. The van der Waals surface area contributed by atoms with Crippen molar-refractivity contribution in [2.45, 2.75) is 13.3 Å². The Balaban J connectivity index is 2.76. The van der Waals surface area contributed by atoms with E-state index in [1.54, 1.807) is 6.92 Å². The summed E-state index contributed by atoms with van der Waals surface area (Å²) in [6.45, 7) is 2.24. The second kappa shape index (κ2) is 3.22. The smallest absolute Gasteiger partial charge is 0.263 e. The van der Waals surface area contributed by atoms with Gasteiger partial charge < -0.3 is 5.73 Å². The minimum absolute atomic E-state index is 0.0910. The number of aromatic nitrogens is 4. The van der Waals surface area contributed by atoms with E-state index in [-0.39, 0.29) is 5.56 Å². The molecule has 0 spiro atoms. The summed E-state index contributed by atoms with van der Waals surface area (Å²) < 4.78 is 1.39. The van der Waals surface area contributed by atoms with Crippen molar-refractivity contribution in [1.82, 2.24) is 19.6 Å². The maximum atomic E-state index is 11.8. The summed E-state index contributed by atoms with van der Waals surface area (Å²) >= 11 is 0. The van der Waals surface area contributed by atoms with Crippen LogP contribution in [0.1, 0.15) is 11.3 Å². The molecule has 0 aliphatic carbocycles. The second-order valence-electron chi connectivity index (χ2n) is 3.07. The number of rotatable bonds is 2. The van der Waals surface area contributed by atoms with E-state index in [0.717, 1.165) is 0 Å². The van der Waals surface area contributed by atoms with Crippen LogP contribution in [0.4, 0.5) is 0 Å². The van der Waals surface area contributed by atoms with Crippen molar-refractivity contribution in [1.29, 1.82) is 0 Å². The van der Waals surface area contributed by atoms with Gasteiger partial charge >= 0.3 is 0 Å². The molecule has 0 atom stereocenters. The highest BCUT2D eigenvalue weighted by Gasteiger charge is 2.09. The van der Waals surface area contributed by atoms with E-state index in [0.29, 0.717) is 30.0 Å². The number of hydrogen-bond donors (Lipinski definition) is 2. The Morgan fingerprint density at radius 2 is 2.43 bits per heavy atom. The average Bonchev–Trinajstić information content (AvgIpc) is 2.60. The Morgan fingerprint density at radius 1 is 1.64 bits per heavy atom. The highest BCUT2D eigenvalue weighted by atomic mass is 16.1. The molecule has 2 rings (SSSR count). The topological polar surface area (TPSA) is 89.1 Å². The third-order valence-corrected chi connectivity index (χ3v) is 2.15. The van der Waals surface area contributed by atoms with Crippen molar-refractivity contribution in [2.24, 2.45) is 5.73 Å². The molecule has 3 N–H and O–H groups in total. The molecule has 0 aromatic carbocycles. The van der Waals surface area contributed by atoms with Crippen molar-refractivity contribution >= 4 is 5.78 Å². The first kappa shape index (κ1) is 8.89. The predicted molar refractivity (Wildman–Crippen MR) is 51.1 cm³/mol. The van der Waals surface area contributed by atoms with Gasteiger partial charge in [0, 0.05) is 5.56 Å². The summed E-state index contributed by atoms with van der Waals surface area (Å²) in [4.78, 5) is 16.0. The SMILES string of the molecule is Cc1nc2[nH]ncn2c(=O)c1CCN. The van der Waals surface area contributed by atoms with E-state index in [9.17, 15) is 4.79 Å². The molecule has 0 saturated carbocycles. The highest BCUT2D eigenvalue weighted by Crippen LogP contribution is 2.00. The normalized spacial score (nSPS) is 11.0. The van der Waals surface area contributed by atoms with Gasteiger partial charge in [-0.15, -0.1) is 0 Å². The summed E-state index contributed by atoms with van der Waals surface area (Å²) in [5.74, 6) is 0.466. The van der Waals surface area contributed by atoms with Gasteiger partial charge in [0.25, 0.3) is 5.56 Å². The quantitative estimate of drug-likeness (QED) is 0.655. The molecule has 2 heterocycles. The lowest BCUT2D eigenvalue weighted by atomic mass is 10.2. The van der Waals surface area contributed by atoms with Gasteiger partial charge in [-0.25, -0.2) is 14.5 Å². The Kier molecular flexibility index (Phi) is 2.05. The van der Waals surface area contributed by atoms with Gasteiger partial charge in [0.2, 0.25) is 5.78 Å². The fourth-order valence-electron chi connectivity index (χ4n) is 1.44. The zero-order chi connectivity index (χ0) is 10.1. The Labute approximate surface area is 79.8 Å². The third-order valence-electron chi connectivity index (χ3n) is 2.15. The summed E-state index contributed by atoms with van der Waals surface area (Å²) in [6.07, 6.45) is 1.97. The molecule has 0 amide bonds. The molecule has 0 unspecified atom stereocenters.